The molecule has 2 aromatic rings. The van der Waals surface area contributed by atoms with Gasteiger partial charge in [0.05, 0.1) is 15.4 Å². The second-order valence-corrected chi connectivity index (χ2v) is 8.02. The number of nitrogens with zero attached hydrogens (tertiary/aromatic N) is 1. The first-order chi connectivity index (χ1) is 12.2. The molecule has 9 heteroatoms. The molecular weight excluding hydrogens is 360 g/mol. The predicted octanol–water partition coefficient (Wildman–Crippen LogP) is 2.58. The zero-order chi connectivity index (χ0) is 18.9. The number of nitro groups is 1. The van der Waals surface area contributed by atoms with Gasteiger partial charge in [0.1, 0.15) is 13.2 Å². The summed E-state index contributed by atoms with van der Waals surface area (Å²) in [5, 5.41) is 10.7. The van der Waals surface area contributed by atoms with Crippen molar-refractivity contribution in [3.05, 3.63) is 58.1 Å². The highest BCUT2D eigenvalue weighted by Crippen LogP contribution is 2.34. The van der Waals surface area contributed by atoms with Crippen molar-refractivity contribution >= 4 is 15.7 Å². The Hall–Kier alpha value is -2.65. The first-order valence-electron chi connectivity index (χ1n) is 7.88. The smallest absolute Gasteiger partial charge is 0.269 e. The molecule has 0 aliphatic carbocycles. The van der Waals surface area contributed by atoms with E-state index >= 15 is 0 Å². The highest BCUT2D eigenvalue weighted by Gasteiger charge is 2.29. The van der Waals surface area contributed by atoms with Crippen LogP contribution in [0.3, 0.4) is 0 Å². The summed E-state index contributed by atoms with van der Waals surface area (Å²) in [7, 11) is -3.87. The lowest BCUT2D eigenvalue weighted by Crippen LogP contribution is -2.41. The number of hydrogen-bond donors (Lipinski definition) is 1. The first-order valence-corrected chi connectivity index (χ1v) is 9.36. The maximum atomic E-state index is 12.7. The molecule has 1 N–H and O–H groups in total. The van der Waals surface area contributed by atoms with E-state index in [0.717, 1.165) is 12.1 Å². The van der Waals surface area contributed by atoms with Crippen LogP contribution in [0.25, 0.3) is 0 Å². The van der Waals surface area contributed by atoms with E-state index in [9.17, 15) is 18.5 Å². The maximum Gasteiger partial charge on any atom is 0.269 e. The van der Waals surface area contributed by atoms with Crippen molar-refractivity contribution in [1.29, 1.82) is 0 Å². The highest BCUT2D eigenvalue weighted by molar-refractivity contribution is 7.89. The summed E-state index contributed by atoms with van der Waals surface area (Å²) in [5.74, 6) is 1.19. The summed E-state index contributed by atoms with van der Waals surface area (Å²) < 4.78 is 39.0. The van der Waals surface area contributed by atoms with Crippen molar-refractivity contribution in [3.8, 4) is 11.5 Å². The lowest BCUT2D eigenvalue weighted by molar-refractivity contribution is -0.384. The zero-order valence-corrected chi connectivity index (χ0v) is 15.1. The maximum absolute atomic E-state index is 12.7. The Morgan fingerprint density at radius 3 is 2.27 bits per heavy atom. The molecule has 3 rings (SSSR count). The fraction of sp³-hybridized carbons (Fsp3) is 0.294. The molecule has 138 valence electrons. The molecule has 0 radical (unpaired) electrons. The van der Waals surface area contributed by atoms with E-state index in [4.69, 9.17) is 9.47 Å². The Bertz CT molecular complexity index is 938. The van der Waals surface area contributed by atoms with Gasteiger partial charge < -0.3 is 9.47 Å². The molecule has 26 heavy (non-hydrogen) atoms. The molecule has 0 fully saturated rings. The number of benzene rings is 2. The number of fused-ring (bicyclic) bond motifs is 1. The van der Waals surface area contributed by atoms with Gasteiger partial charge in [-0.2, -0.15) is 0 Å². The van der Waals surface area contributed by atoms with Gasteiger partial charge in [-0.05, 0) is 43.7 Å². The molecule has 0 spiro atoms. The molecule has 0 unspecified atom stereocenters. The van der Waals surface area contributed by atoms with Gasteiger partial charge in [0.15, 0.2) is 11.5 Å². The Kier molecular flexibility index (Phi) is 4.59. The largest absolute Gasteiger partial charge is 0.486 e. The standard InChI is InChI=1S/C17H18N2O6S/c1-17(2,12-3-8-15-16(11-12)25-10-9-24-15)18-26(22,23)14-6-4-13(5-7-14)19(20)21/h3-8,11,18H,9-10H2,1-2H3. The second-order valence-electron chi connectivity index (χ2n) is 6.34. The second kappa shape index (κ2) is 6.58. The van der Waals surface area contributed by atoms with E-state index < -0.39 is 20.5 Å². The van der Waals surface area contributed by atoms with Crippen LogP contribution >= 0.6 is 0 Å². The van der Waals surface area contributed by atoms with Crippen molar-refractivity contribution in [2.45, 2.75) is 24.3 Å². The number of ether oxygens (including phenoxy) is 2. The summed E-state index contributed by atoms with van der Waals surface area (Å²) in [5.41, 5.74) is -0.404. The summed E-state index contributed by atoms with van der Waals surface area (Å²) in [6.07, 6.45) is 0. The minimum Gasteiger partial charge on any atom is -0.486 e. The van der Waals surface area contributed by atoms with Gasteiger partial charge in [-0.15, -0.1) is 0 Å². The van der Waals surface area contributed by atoms with Crippen LogP contribution < -0.4 is 14.2 Å². The Balaban J connectivity index is 1.86. The summed E-state index contributed by atoms with van der Waals surface area (Å²) >= 11 is 0. The Morgan fingerprint density at radius 2 is 1.65 bits per heavy atom. The molecule has 1 aliphatic rings. The molecule has 0 saturated carbocycles. The minimum absolute atomic E-state index is 0.0475. The van der Waals surface area contributed by atoms with Crippen LogP contribution in [0.1, 0.15) is 19.4 Å². The predicted molar refractivity (Wildman–Crippen MR) is 93.9 cm³/mol. The van der Waals surface area contributed by atoms with Gasteiger partial charge in [0.25, 0.3) is 5.69 Å². The average molecular weight is 378 g/mol. The first kappa shape index (κ1) is 18.2. The molecule has 1 heterocycles. The fourth-order valence-electron chi connectivity index (χ4n) is 2.63. The van der Waals surface area contributed by atoms with Crippen LogP contribution in [0, 0.1) is 10.1 Å². The van der Waals surface area contributed by atoms with E-state index in [0.29, 0.717) is 30.3 Å². The summed E-state index contributed by atoms with van der Waals surface area (Å²) in [4.78, 5) is 10.1. The SMILES string of the molecule is CC(C)(NS(=O)(=O)c1ccc([N+](=O)[O-])cc1)c1ccc2c(c1)OCCO2. The number of sulfonamides is 1. The van der Waals surface area contributed by atoms with Crippen molar-refractivity contribution in [2.75, 3.05) is 13.2 Å². The third kappa shape index (κ3) is 3.63. The van der Waals surface area contributed by atoms with Gasteiger partial charge in [0.2, 0.25) is 10.0 Å². The van der Waals surface area contributed by atoms with E-state index in [-0.39, 0.29) is 10.6 Å². The van der Waals surface area contributed by atoms with Crippen molar-refractivity contribution < 1.29 is 22.8 Å². The van der Waals surface area contributed by atoms with Gasteiger partial charge in [-0.3, -0.25) is 10.1 Å². The quantitative estimate of drug-likeness (QED) is 0.633. The molecule has 0 saturated heterocycles. The third-order valence-corrected chi connectivity index (χ3v) is 5.68. The van der Waals surface area contributed by atoms with E-state index in [2.05, 4.69) is 4.72 Å². The van der Waals surface area contributed by atoms with Crippen molar-refractivity contribution in [1.82, 2.24) is 4.72 Å². The fourth-order valence-corrected chi connectivity index (χ4v) is 4.03. The summed E-state index contributed by atoms with van der Waals surface area (Å²) in [6.45, 7) is 4.36. The van der Waals surface area contributed by atoms with Crippen LogP contribution in [0.2, 0.25) is 0 Å². The zero-order valence-electron chi connectivity index (χ0n) is 14.3. The van der Waals surface area contributed by atoms with Gasteiger partial charge in [0, 0.05) is 12.1 Å². The molecule has 2 aromatic carbocycles. The topological polar surface area (TPSA) is 108 Å². The highest BCUT2D eigenvalue weighted by atomic mass is 32.2. The van der Waals surface area contributed by atoms with Gasteiger partial charge in [-0.25, -0.2) is 13.1 Å². The number of rotatable bonds is 5. The molecule has 0 amide bonds. The van der Waals surface area contributed by atoms with E-state index in [1.807, 2.05) is 0 Å². The molecule has 0 bridgehead atoms. The molecule has 0 atom stereocenters. The van der Waals surface area contributed by atoms with Gasteiger partial charge in [-0.1, -0.05) is 6.07 Å². The van der Waals surface area contributed by atoms with E-state index in [1.165, 1.54) is 12.1 Å². The monoisotopic (exact) mass is 378 g/mol. The Morgan fingerprint density at radius 1 is 1.04 bits per heavy atom. The number of non-ortho nitro benzene ring substituents is 1. The molecule has 0 aromatic heterocycles. The summed E-state index contributed by atoms with van der Waals surface area (Å²) in [6, 6.07) is 9.99. The number of nitro benzene ring substituents is 1. The Labute approximate surface area is 150 Å². The average Bonchev–Trinajstić information content (AvgIpc) is 2.60. The van der Waals surface area contributed by atoms with Crippen molar-refractivity contribution in [3.63, 3.8) is 0 Å². The van der Waals surface area contributed by atoms with E-state index in [1.54, 1.807) is 32.0 Å². The van der Waals surface area contributed by atoms with Crippen LogP contribution in [0.4, 0.5) is 5.69 Å². The van der Waals surface area contributed by atoms with Crippen LogP contribution in [-0.4, -0.2) is 26.6 Å². The van der Waals surface area contributed by atoms with Crippen LogP contribution in [0.15, 0.2) is 47.4 Å². The number of hydrogen-bond acceptors (Lipinski definition) is 6. The molecule has 8 nitrogen and oxygen atoms in total. The van der Waals surface area contributed by atoms with Gasteiger partial charge >= 0.3 is 0 Å². The minimum atomic E-state index is -3.87. The third-order valence-electron chi connectivity index (χ3n) is 4.01. The van der Waals surface area contributed by atoms with Crippen LogP contribution in [0.5, 0.6) is 11.5 Å². The normalized spacial score (nSPS) is 14.1. The molecular formula is C17H18N2O6S. The lowest BCUT2D eigenvalue weighted by atomic mass is 9.95. The molecule has 1 aliphatic heterocycles. The lowest BCUT2D eigenvalue weighted by Gasteiger charge is -2.28. The van der Waals surface area contributed by atoms with Crippen LogP contribution in [-0.2, 0) is 15.6 Å². The van der Waals surface area contributed by atoms with Crippen molar-refractivity contribution in [2.24, 2.45) is 0 Å². The number of nitrogens with one attached hydrogen (secondary N) is 1.